The van der Waals surface area contributed by atoms with E-state index in [2.05, 4.69) is 80.4 Å². The van der Waals surface area contributed by atoms with Crippen LogP contribution in [0.4, 0.5) is 11.4 Å². The van der Waals surface area contributed by atoms with Crippen molar-refractivity contribution in [2.75, 3.05) is 37.6 Å². The second kappa shape index (κ2) is 8.45. The molecular formula is C28H32N4O. The predicted octanol–water partition coefficient (Wildman–Crippen LogP) is 4.96. The fourth-order valence-electron chi connectivity index (χ4n) is 6.11. The van der Waals surface area contributed by atoms with Crippen molar-refractivity contribution >= 4 is 35.3 Å². The number of fused-ring (bicyclic) bond motifs is 4. The maximum atomic E-state index is 12.9. The number of amides is 1. The number of likely N-dealkylation sites (tertiary alicyclic amines) is 1. The van der Waals surface area contributed by atoms with E-state index >= 15 is 0 Å². The summed E-state index contributed by atoms with van der Waals surface area (Å²) in [5.74, 6) is 1.19. The molecule has 2 fully saturated rings. The van der Waals surface area contributed by atoms with E-state index in [1.165, 1.54) is 35.3 Å². The predicted molar refractivity (Wildman–Crippen MR) is 135 cm³/mol. The Hall–Kier alpha value is -2.92. The number of benzene rings is 2. The quantitative estimate of drug-likeness (QED) is 0.674. The van der Waals surface area contributed by atoms with Crippen LogP contribution in [-0.4, -0.2) is 59.8 Å². The second-order valence-corrected chi connectivity index (χ2v) is 9.77. The lowest BCUT2D eigenvalue weighted by Crippen LogP contribution is -2.58. The number of carbonyl (C=O) groups is 1. The Morgan fingerprint density at radius 1 is 0.818 bits per heavy atom. The highest BCUT2D eigenvalue weighted by Crippen LogP contribution is 2.39. The van der Waals surface area contributed by atoms with Gasteiger partial charge in [0, 0.05) is 44.0 Å². The highest BCUT2D eigenvalue weighted by atomic mass is 16.2. The minimum atomic E-state index is -0.333. The summed E-state index contributed by atoms with van der Waals surface area (Å²) >= 11 is 0. The van der Waals surface area contributed by atoms with Crippen LogP contribution in [0.5, 0.6) is 0 Å². The third-order valence-corrected chi connectivity index (χ3v) is 7.93. The van der Waals surface area contributed by atoms with E-state index in [-0.39, 0.29) is 11.4 Å². The third-order valence-electron chi connectivity index (χ3n) is 7.93. The van der Waals surface area contributed by atoms with E-state index in [0.29, 0.717) is 0 Å². The molecule has 4 aliphatic rings. The normalized spacial score (nSPS) is 21.5. The van der Waals surface area contributed by atoms with E-state index in [4.69, 9.17) is 0 Å². The molecule has 0 saturated carbocycles. The molecule has 0 atom stereocenters. The molecule has 2 aromatic rings. The molecule has 0 aromatic heterocycles. The summed E-state index contributed by atoms with van der Waals surface area (Å²) in [6, 6.07) is 17.4. The lowest BCUT2D eigenvalue weighted by atomic mass is 9.84. The first-order chi connectivity index (χ1) is 16.2. The molecule has 1 spiro atoms. The fourth-order valence-corrected chi connectivity index (χ4v) is 6.11. The van der Waals surface area contributed by atoms with Crippen LogP contribution in [0.1, 0.15) is 49.7 Å². The van der Waals surface area contributed by atoms with Gasteiger partial charge in [-0.2, -0.15) is 4.99 Å². The van der Waals surface area contributed by atoms with Crippen molar-refractivity contribution in [2.45, 2.75) is 44.1 Å². The largest absolute Gasteiger partial charge is 0.345 e. The number of hydrogen-bond acceptors (Lipinski definition) is 4. The molecule has 170 valence electrons. The molecule has 2 aromatic carbocycles. The molecule has 0 bridgehead atoms. The Labute approximate surface area is 196 Å². The average Bonchev–Trinajstić information content (AvgIpc) is 3.02. The first kappa shape index (κ1) is 20.7. The first-order valence-corrected chi connectivity index (χ1v) is 12.5. The molecule has 0 radical (unpaired) electrons. The molecule has 4 heterocycles. The molecule has 4 aliphatic heterocycles. The molecule has 5 heteroatoms. The van der Waals surface area contributed by atoms with E-state index in [0.717, 1.165) is 64.2 Å². The van der Waals surface area contributed by atoms with Crippen molar-refractivity contribution in [3.05, 3.63) is 59.7 Å². The van der Waals surface area contributed by atoms with Gasteiger partial charge in [0.2, 0.25) is 0 Å². The number of anilines is 2. The minimum absolute atomic E-state index is 0.129. The highest BCUT2D eigenvalue weighted by molar-refractivity contribution is 6.06. The Morgan fingerprint density at radius 2 is 1.48 bits per heavy atom. The zero-order valence-corrected chi connectivity index (χ0v) is 19.2. The summed E-state index contributed by atoms with van der Waals surface area (Å²) in [7, 11) is 0. The number of hydrogen-bond donors (Lipinski definition) is 0. The number of carbonyl (C=O) groups excluding carboxylic acids is 1. The van der Waals surface area contributed by atoms with Crippen molar-refractivity contribution in [2.24, 2.45) is 4.99 Å². The Balaban J connectivity index is 1.11. The monoisotopic (exact) mass is 440 g/mol. The topological polar surface area (TPSA) is 39.2 Å². The minimum Gasteiger partial charge on any atom is -0.345 e. The van der Waals surface area contributed by atoms with Crippen LogP contribution in [0.15, 0.2) is 53.5 Å². The molecule has 6 rings (SSSR count). The number of amidine groups is 1. The van der Waals surface area contributed by atoms with E-state index in [1.807, 2.05) is 0 Å². The molecule has 0 N–H and O–H groups in total. The van der Waals surface area contributed by atoms with E-state index < -0.39 is 0 Å². The fraction of sp³-hybridized carbons (Fsp3) is 0.429. The van der Waals surface area contributed by atoms with Crippen LogP contribution in [0.3, 0.4) is 0 Å². The Kier molecular flexibility index (Phi) is 5.30. The van der Waals surface area contributed by atoms with Gasteiger partial charge in [0.05, 0.1) is 0 Å². The van der Waals surface area contributed by atoms with Gasteiger partial charge in [0.15, 0.2) is 0 Å². The van der Waals surface area contributed by atoms with Gasteiger partial charge in [0.1, 0.15) is 11.4 Å². The van der Waals surface area contributed by atoms with Gasteiger partial charge in [-0.25, -0.2) is 0 Å². The number of piperidine rings is 2. The Bertz CT molecular complexity index is 1060. The van der Waals surface area contributed by atoms with Gasteiger partial charge in [-0.05, 0) is 61.9 Å². The summed E-state index contributed by atoms with van der Waals surface area (Å²) < 4.78 is 0. The van der Waals surface area contributed by atoms with Crippen LogP contribution in [0.2, 0.25) is 0 Å². The molecular weight excluding hydrogens is 408 g/mol. The van der Waals surface area contributed by atoms with Gasteiger partial charge in [-0.1, -0.05) is 48.6 Å². The van der Waals surface area contributed by atoms with Gasteiger partial charge >= 0.3 is 0 Å². The summed E-state index contributed by atoms with van der Waals surface area (Å²) in [5, 5.41) is 0. The zero-order chi connectivity index (χ0) is 22.3. The average molecular weight is 441 g/mol. The van der Waals surface area contributed by atoms with Crippen LogP contribution in [-0.2, 0) is 4.79 Å². The molecule has 0 unspecified atom stereocenters. The SMILES string of the molecule is O=C1N=C2CCCCN2C12CCN(CCCN1c3ccccc3C=Cc3ccccc31)CC2. The standard InChI is InChI=1S/C28H32N4O/c33-27-28(32-19-6-5-12-26(32)29-27)15-20-30(21-16-28)17-7-18-31-24-10-3-1-8-22(24)13-14-23-9-2-4-11-25(23)31/h1-4,8-11,13-14H,5-7,12,15-21H2. The molecule has 2 saturated heterocycles. The van der Waals surface area contributed by atoms with Crippen LogP contribution in [0.25, 0.3) is 12.2 Å². The summed E-state index contributed by atoms with van der Waals surface area (Å²) in [4.78, 5) is 24.7. The van der Waals surface area contributed by atoms with Gasteiger partial charge < -0.3 is 14.7 Å². The smallest absolute Gasteiger partial charge is 0.273 e. The van der Waals surface area contributed by atoms with Crippen molar-refractivity contribution in [3.8, 4) is 0 Å². The number of para-hydroxylation sites is 2. The summed E-state index contributed by atoms with van der Waals surface area (Å²) in [5.41, 5.74) is 4.77. The van der Waals surface area contributed by atoms with Crippen LogP contribution >= 0.6 is 0 Å². The highest BCUT2D eigenvalue weighted by Gasteiger charge is 2.51. The lowest BCUT2D eigenvalue weighted by molar-refractivity contribution is -0.128. The van der Waals surface area contributed by atoms with Gasteiger partial charge in [-0.15, -0.1) is 0 Å². The number of rotatable bonds is 4. The maximum absolute atomic E-state index is 12.9. The number of aliphatic imine (C=N–C) groups is 1. The van der Waals surface area contributed by atoms with Crippen molar-refractivity contribution in [1.82, 2.24) is 9.80 Å². The molecule has 5 nitrogen and oxygen atoms in total. The molecule has 0 aliphatic carbocycles. The molecule has 33 heavy (non-hydrogen) atoms. The van der Waals surface area contributed by atoms with Crippen molar-refractivity contribution in [1.29, 1.82) is 0 Å². The second-order valence-electron chi connectivity index (χ2n) is 9.77. The summed E-state index contributed by atoms with van der Waals surface area (Å²) in [6.07, 6.45) is 10.7. The van der Waals surface area contributed by atoms with E-state index in [9.17, 15) is 4.79 Å². The van der Waals surface area contributed by atoms with Gasteiger partial charge in [0.25, 0.3) is 5.91 Å². The number of nitrogens with zero attached hydrogens (tertiary/aromatic N) is 4. The van der Waals surface area contributed by atoms with E-state index in [1.54, 1.807) is 0 Å². The van der Waals surface area contributed by atoms with Crippen molar-refractivity contribution in [3.63, 3.8) is 0 Å². The summed E-state index contributed by atoms with van der Waals surface area (Å²) in [6.45, 7) is 5.02. The van der Waals surface area contributed by atoms with Crippen LogP contribution in [0, 0.1) is 0 Å². The van der Waals surface area contributed by atoms with Crippen LogP contribution < -0.4 is 4.90 Å². The van der Waals surface area contributed by atoms with Gasteiger partial charge in [-0.3, -0.25) is 4.79 Å². The molecule has 1 amide bonds. The third kappa shape index (κ3) is 3.59. The lowest BCUT2D eigenvalue weighted by Gasteiger charge is -2.45. The van der Waals surface area contributed by atoms with Crippen molar-refractivity contribution < 1.29 is 4.79 Å². The zero-order valence-electron chi connectivity index (χ0n) is 19.2. The maximum Gasteiger partial charge on any atom is 0.273 e. The first-order valence-electron chi connectivity index (χ1n) is 12.5. The Morgan fingerprint density at radius 3 is 2.18 bits per heavy atom.